The molecule has 2 fully saturated rings. The predicted octanol–water partition coefficient (Wildman–Crippen LogP) is 1.02. The van der Waals surface area contributed by atoms with Gasteiger partial charge in [-0.2, -0.15) is 0 Å². The topological polar surface area (TPSA) is 28.1 Å². The zero-order valence-electron chi connectivity index (χ0n) is 9.81. The highest BCUT2D eigenvalue weighted by molar-refractivity contribution is 14.0. The molecule has 0 atom stereocenters. The molecule has 0 aromatic heterocycles. The van der Waals surface area contributed by atoms with Crippen molar-refractivity contribution in [3.05, 3.63) is 0 Å². The molecule has 0 aromatic rings. The van der Waals surface area contributed by atoms with Crippen LogP contribution in [0.2, 0.25) is 0 Å². The zero-order valence-corrected chi connectivity index (χ0v) is 12.1. The predicted molar refractivity (Wildman–Crippen MR) is 74.4 cm³/mol. The molecular formula is C11H20IN3O. The second-order valence-corrected chi connectivity index (χ2v) is 5.12. The van der Waals surface area contributed by atoms with Crippen molar-refractivity contribution in [3.63, 3.8) is 0 Å². The molecule has 2 saturated heterocycles. The minimum absolute atomic E-state index is 0. The van der Waals surface area contributed by atoms with E-state index in [1.807, 2.05) is 0 Å². The van der Waals surface area contributed by atoms with E-state index in [9.17, 15) is 0 Å². The fraction of sp³-hybridized carbons (Fsp3) is 0.909. The van der Waals surface area contributed by atoms with Crippen LogP contribution in [0.5, 0.6) is 0 Å². The number of nitrogens with zero attached hydrogens (tertiary/aromatic N) is 3. The van der Waals surface area contributed by atoms with Crippen LogP contribution in [0.3, 0.4) is 0 Å². The Morgan fingerprint density at radius 3 is 2.69 bits per heavy atom. The van der Waals surface area contributed by atoms with Gasteiger partial charge in [-0.1, -0.05) is 0 Å². The molecule has 3 aliphatic heterocycles. The fourth-order valence-electron chi connectivity index (χ4n) is 2.87. The van der Waals surface area contributed by atoms with Crippen molar-refractivity contribution in [2.75, 3.05) is 46.4 Å². The number of piperidine rings is 1. The summed E-state index contributed by atoms with van der Waals surface area (Å²) >= 11 is 0. The van der Waals surface area contributed by atoms with Gasteiger partial charge in [-0.05, 0) is 12.8 Å². The number of rotatable bonds is 0. The Labute approximate surface area is 114 Å². The van der Waals surface area contributed by atoms with E-state index < -0.39 is 0 Å². The highest BCUT2D eigenvalue weighted by atomic mass is 127. The summed E-state index contributed by atoms with van der Waals surface area (Å²) in [6.07, 6.45) is 2.62. The molecule has 1 spiro atoms. The highest BCUT2D eigenvalue weighted by Crippen LogP contribution is 2.37. The van der Waals surface area contributed by atoms with E-state index in [1.165, 1.54) is 25.3 Å². The molecule has 0 saturated carbocycles. The first-order valence-corrected chi connectivity index (χ1v) is 5.87. The largest absolute Gasteiger partial charge is 0.380 e. The van der Waals surface area contributed by atoms with E-state index in [-0.39, 0.29) is 24.0 Å². The molecule has 0 amide bonds. The van der Waals surface area contributed by atoms with Crippen LogP contribution in [0.4, 0.5) is 0 Å². The standard InChI is InChI=1S/C11H19N3O.HI/c1-13-6-4-12-10(13)14-5-2-3-11(7-14)8-15-9-11;/h2-9H2,1H3;1H. The Kier molecular flexibility index (Phi) is 3.63. The lowest BCUT2D eigenvalue weighted by atomic mass is 9.78. The molecule has 0 radical (unpaired) electrons. The smallest absolute Gasteiger partial charge is 0.196 e. The first-order chi connectivity index (χ1) is 7.29. The van der Waals surface area contributed by atoms with E-state index in [2.05, 4.69) is 21.8 Å². The fourth-order valence-corrected chi connectivity index (χ4v) is 2.87. The average Bonchev–Trinajstić information content (AvgIpc) is 2.62. The molecule has 92 valence electrons. The van der Waals surface area contributed by atoms with Gasteiger partial charge in [-0.25, -0.2) is 0 Å². The Hall–Kier alpha value is -0.0400. The van der Waals surface area contributed by atoms with Crippen molar-refractivity contribution < 1.29 is 4.74 Å². The normalized spacial score (nSPS) is 27.4. The number of likely N-dealkylation sites (tertiary alicyclic amines) is 1. The van der Waals surface area contributed by atoms with Gasteiger partial charge in [0.05, 0.1) is 19.8 Å². The van der Waals surface area contributed by atoms with Crippen molar-refractivity contribution in [2.24, 2.45) is 10.4 Å². The number of guanidine groups is 1. The number of hydrogen-bond acceptors (Lipinski definition) is 4. The van der Waals surface area contributed by atoms with Crippen LogP contribution in [0, 0.1) is 5.41 Å². The molecule has 0 N–H and O–H groups in total. The van der Waals surface area contributed by atoms with Gasteiger partial charge >= 0.3 is 0 Å². The number of halogens is 1. The van der Waals surface area contributed by atoms with Crippen LogP contribution in [-0.2, 0) is 4.74 Å². The lowest BCUT2D eigenvalue weighted by Crippen LogP contribution is -2.57. The van der Waals surface area contributed by atoms with Gasteiger partial charge < -0.3 is 14.5 Å². The van der Waals surface area contributed by atoms with Gasteiger partial charge in [0, 0.05) is 32.1 Å². The van der Waals surface area contributed by atoms with Gasteiger partial charge in [0.1, 0.15) is 0 Å². The number of likely N-dealkylation sites (N-methyl/N-ethyl adjacent to an activating group) is 1. The van der Waals surface area contributed by atoms with Gasteiger partial charge in [-0.3, -0.25) is 4.99 Å². The van der Waals surface area contributed by atoms with E-state index in [0.29, 0.717) is 5.41 Å². The summed E-state index contributed by atoms with van der Waals surface area (Å²) < 4.78 is 5.37. The molecule has 0 aliphatic carbocycles. The van der Waals surface area contributed by atoms with E-state index >= 15 is 0 Å². The van der Waals surface area contributed by atoms with Crippen LogP contribution in [0.1, 0.15) is 12.8 Å². The summed E-state index contributed by atoms with van der Waals surface area (Å²) in [5, 5.41) is 0. The van der Waals surface area contributed by atoms with Crippen molar-refractivity contribution >= 4 is 29.9 Å². The Morgan fingerprint density at radius 1 is 1.31 bits per heavy atom. The maximum Gasteiger partial charge on any atom is 0.196 e. The van der Waals surface area contributed by atoms with E-state index in [1.54, 1.807) is 0 Å². The summed E-state index contributed by atoms with van der Waals surface area (Å²) in [6, 6.07) is 0. The third kappa shape index (κ3) is 2.03. The maximum absolute atomic E-state index is 5.37. The van der Waals surface area contributed by atoms with Crippen LogP contribution in [0.25, 0.3) is 0 Å². The lowest BCUT2D eigenvalue weighted by molar-refractivity contribution is -0.136. The number of ether oxygens (including phenoxy) is 1. The van der Waals surface area contributed by atoms with Crippen molar-refractivity contribution in [3.8, 4) is 0 Å². The maximum atomic E-state index is 5.37. The molecule has 4 nitrogen and oxygen atoms in total. The third-order valence-corrected chi connectivity index (χ3v) is 3.79. The monoisotopic (exact) mass is 337 g/mol. The van der Waals surface area contributed by atoms with Gasteiger partial charge in [0.2, 0.25) is 0 Å². The number of aliphatic imine (C=N–C) groups is 1. The van der Waals surface area contributed by atoms with E-state index in [0.717, 1.165) is 32.8 Å². The first-order valence-electron chi connectivity index (χ1n) is 5.87. The minimum atomic E-state index is 0. The summed E-state index contributed by atoms with van der Waals surface area (Å²) in [7, 11) is 2.14. The van der Waals surface area contributed by atoms with Crippen LogP contribution >= 0.6 is 24.0 Å². The molecule has 0 unspecified atom stereocenters. The van der Waals surface area contributed by atoms with Crippen LogP contribution in [0.15, 0.2) is 4.99 Å². The Balaban J connectivity index is 0.000000963. The SMILES string of the molecule is CN1CCN=C1N1CCCC2(COC2)C1.I. The molecule has 3 aliphatic rings. The van der Waals surface area contributed by atoms with Crippen LogP contribution in [-0.4, -0.2) is 62.2 Å². The van der Waals surface area contributed by atoms with Crippen molar-refractivity contribution in [2.45, 2.75) is 12.8 Å². The zero-order chi connectivity index (χ0) is 10.3. The van der Waals surface area contributed by atoms with Gasteiger partial charge in [0.15, 0.2) is 5.96 Å². The number of hydrogen-bond donors (Lipinski definition) is 0. The molecule has 3 rings (SSSR count). The minimum Gasteiger partial charge on any atom is -0.380 e. The van der Waals surface area contributed by atoms with Crippen molar-refractivity contribution in [1.29, 1.82) is 0 Å². The third-order valence-electron chi connectivity index (χ3n) is 3.79. The first kappa shape index (κ1) is 12.4. The second kappa shape index (κ2) is 4.68. The van der Waals surface area contributed by atoms with Gasteiger partial charge in [0.25, 0.3) is 0 Å². The highest BCUT2D eigenvalue weighted by Gasteiger charge is 2.43. The molecule has 0 bridgehead atoms. The molecule has 0 aromatic carbocycles. The lowest BCUT2D eigenvalue weighted by Gasteiger charge is -2.49. The Bertz CT molecular complexity index is 291. The molecule has 16 heavy (non-hydrogen) atoms. The van der Waals surface area contributed by atoms with Crippen LogP contribution < -0.4 is 0 Å². The summed E-state index contributed by atoms with van der Waals surface area (Å²) in [5.41, 5.74) is 0.462. The second-order valence-electron chi connectivity index (χ2n) is 5.12. The molecular weight excluding hydrogens is 317 g/mol. The van der Waals surface area contributed by atoms with E-state index in [4.69, 9.17) is 4.74 Å². The average molecular weight is 337 g/mol. The summed E-state index contributed by atoms with van der Waals surface area (Å²) in [6.45, 7) is 6.28. The quantitative estimate of drug-likeness (QED) is 0.618. The summed E-state index contributed by atoms with van der Waals surface area (Å²) in [4.78, 5) is 9.33. The molecule has 3 heterocycles. The van der Waals surface area contributed by atoms with Gasteiger partial charge in [-0.15, -0.1) is 24.0 Å². The molecule has 5 heteroatoms. The summed E-state index contributed by atoms with van der Waals surface area (Å²) in [5.74, 6) is 1.21. The van der Waals surface area contributed by atoms with Crippen molar-refractivity contribution in [1.82, 2.24) is 9.80 Å². The Morgan fingerprint density at radius 2 is 2.12 bits per heavy atom.